The highest BCUT2D eigenvalue weighted by Crippen LogP contribution is 2.34. The molecule has 0 saturated carbocycles. The van der Waals surface area contributed by atoms with Crippen LogP contribution in [0, 0.1) is 6.92 Å². The van der Waals surface area contributed by atoms with Gasteiger partial charge in [0, 0.05) is 17.9 Å². The Morgan fingerprint density at radius 3 is 2.93 bits per heavy atom. The number of rotatable bonds is 9. The van der Waals surface area contributed by atoms with E-state index < -0.39 is 0 Å². The van der Waals surface area contributed by atoms with Crippen LogP contribution in [0.2, 0.25) is 5.02 Å². The molecule has 0 fully saturated rings. The molecule has 7 nitrogen and oxygen atoms in total. The summed E-state index contributed by atoms with van der Waals surface area (Å²) in [5.74, 6) is 0.296. The van der Waals surface area contributed by atoms with Gasteiger partial charge in [0.2, 0.25) is 5.91 Å². The third-order valence-electron chi connectivity index (χ3n) is 4.23. The van der Waals surface area contributed by atoms with Crippen LogP contribution in [0.15, 0.2) is 24.8 Å². The Hall–Kier alpha value is -2.77. The molecule has 1 aliphatic heterocycles. The van der Waals surface area contributed by atoms with Crippen molar-refractivity contribution in [2.75, 3.05) is 31.7 Å². The van der Waals surface area contributed by atoms with Crippen LogP contribution in [-0.2, 0) is 16.0 Å². The van der Waals surface area contributed by atoms with Gasteiger partial charge in [0.1, 0.15) is 12.4 Å². The van der Waals surface area contributed by atoms with Crippen LogP contribution in [0.5, 0.6) is 5.75 Å². The van der Waals surface area contributed by atoms with Crippen molar-refractivity contribution >= 4 is 35.2 Å². The first-order valence-electron chi connectivity index (χ1n) is 8.91. The molecule has 0 atom stereocenters. The van der Waals surface area contributed by atoms with Crippen LogP contribution >= 0.6 is 11.6 Å². The van der Waals surface area contributed by atoms with Gasteiger partial charge in [0.05, 0.1) is 35.9 Å². The highest BCUT2D eigenvalue weighted by Gasteiger charge is 2.20. The molecular weight excluding hydrogens is 382 g/mol. The molecule has 3 N–H and O–H groups in total. The summed E-state index contributed by atoms with van der Waals surface area (Å²) in [5, 5.41) is 5.98. The van der Waals surface area contributed by atoms with Crippen molar-refractivity contribution in [1.29, 1.82) is 0 Å². The lowest BCUT2D eigenvalue weighted by atomic mass is 10.1. The largest absolute Gasteiger partial charge is 0.490 e. The highest BCUT2D eigenvalue weighted by molar-refractivity contribution is 6.32. The summed E-state index contributed by atoms with van der Waals surface area (Å²) >= 11 is 6.16. The van der Waals surface area contributed by atoms with E-state index in [2.05, 4.69) is 22.2 Å². The van der Waals surface area contributed by atoms with E-state index >= 15 is 0 Å². The maximum atomic E-state index is 12.2. The third-order valence-corrected chi connectivity index (χ3v) is 4.53. The fraction of sp³-hybridized carbons (Fsp3) is 0.300. The van der Waals surface area contributed by atoms with Crippen LogP contribution in [-0.4, -0.2) is 43.2 Å². The smallest absolute Gasteiger partial charge is 0.253 e. The number of ether oxygens (including phenoxy) is 2. The van der Waals surface area contributed by atoms with Crippen LogP contribution < -0.4 is 15.4 Å². The molecule has 0 saturated heterocycles. The molecule has 2 heterocycles. The number of H-pyrrole nitrogens is 1. The molecule has 0 unspecified atom stereocenters. The zero-order chi connectivity index (χ0) is 20.1. The van der Waals surface area contributed by atoms with Crippen molar-refractivity contribution in [1.82, 2.24) is 10.3 Å². The fourth-order valence-electron chi connectivity index (χ4n) is 2.94. The number of carbonyl (C=O) groups is 2. The van der Waals surface area contributed by atoms with Crippen LogP contribution in [0.25, 0.3) is 6.08 Å². The van der Waals surface area contributed by atoms with Gasteiger partial charge >= 0.3 is 0 Å². The lowest BCUT2D eigenvalue weighted by Crippen LogP contribution is -2.28. The summed E-state index contributed by atoms with van der Waals surface area (Å²) in [5.41, 5.74) is 3.76. The minimum atomic E-state index is -0.174. The Kier molecular flexibility index (Phi) is 6.38. The fourth-order valence-corrected chi connectivity index (χ4v) is 3.16. The van der Waals surface area contributed by atoms with Gasteiger partial charge in [-0.1, -0.05) is 18.2 Å². The average Bonchev–Trinajstić information content (AvgIpc) is 3.21. The summed E-state index contributed by atoms with van der Waals surface area (Å²) in [6.07, 6.45) is 1.94. The molecule has 148 valence electrons. The van der Waals surface area contributed by atoms with Gasteiger partial charge in [-0.3, -0.25) is 9.59 Å². The molecule has 2 amide bonds. The Labute approximate surface area is 168 Å². The number of amides is 2. The first-order valence-corrected chi connectivity index (χ1v) is 9.28. The maximum absolute atomic E-state index is 12.2. The van der Waals surface area contributed by atoms with Gasteiger partial charge in [-0.05, 0) is 36.8 Å². The van der Waals surface area contributed by atoms with Crippen molar-refractivity contribution in [3.05, 3.63) is 52.3 Å². The molecule has 0 radical (unpaired) electrons. The number of nitrogens with one attached hydrogen (secondary N) is 3. The second-order valence-electron chi connectivity index (χ2n) is 6.37. The summed E-state index contributed by atoms with van der Waals surface area (Å²) in [6.45, 7) is 6.98. The van der Waals surface area contributed by atoms with E-state index in [-0.39, 0.29) is 11.8 Å². The second-order valence-corrected chi connectivity index (χ2v) is 6.77. The minimum absolute atomic E-state index is 0.0522. The Morgan fingerprint density at radius 2 is 2.14 bits per heavy atom. The van der Waals surface area contributed by atoms with Gasteiger partial charge in [-0.25, -0.2) is 0 Å². The number of aromatic nitrogens is 1. The monoisotopic (exact) mass is 403 g/mol. The van der Waals surface area contributed by atoms with E-state index in [0.717, 1.165) is 16.9 Å². The lowest BCUT2D eigenvalue weighted by molar-refractivity contribution is -0.115. The lowest BCUT2D eigenvalue weighted by Gasteiger charge is -2.11. The SMILES string of the molecule is C=Cc1[nH]c(C)cc1C(=O)NCCOCCOc1cc2c(cc1Cl)NC(=O)C2. The van der Waals surface area contributed by atoms with Crippen molar-refractivity contribution in [2.45, 2.75) is 13.3 Å². The van der Waals surface area contributed by atoms with Gasteiger partial charge < -0.3 is 25.1 Å². The summed E-state index contributed by atoms with van der Waals surface area (Å²) in [4.78, 5) is 26.6. The summed E-state index contributed by atoms with van der Waals surface area (Å²) < 4.78 is 11.1. The Bertz CT molecular complexity index is 907. The molecular formula is C20H22ClN3O4. The zero-order valence-corrected chi connectivity index (χ0v) is 16.3. The molecule has 3 rings (SSSR count). The predicted octanol–water partition coefficient (Wildman–Crippen LogP) is 2.94. The molecule has 0 bridgehead atoms. The second kappa shape index (κ2) is 8.95. The van der Waals surface area contributed by atoms with E-state index in [1.165, 1.54) is 0 Å². The van der Waals surface area contributed by atoms with Crippen molar-refractivity contribution in [2.24, 2.45) is 0 Å². The van der Waals surface area contributed by atoms with Crippen molar-refractivity contribution in [3.8, 4) is 5.75 Å². The van der Waals surface area contributed by atoms with Crippen LogP contribution in [0.4, 0.5) is 5.69 Å². The first kappa shape index (κ1) is 20.0. The van der Waals surface area contributed by atoms with E-state index in [1.54, 1.807) is 24.3 Å². The van der Waals surface area contributed by atoms with Crippen molar-refractivity contribution in [3.63, 3.8) is 0 Å². The molecule has 0 spiro atoms. The number of hydrogen-bond acceptors (Lipinski definition) is 4. The zero-order valence-electron chi connectivity index (χ0n) is 15.6. The maximum Gasteiger partial charge on any atom is 0.253 e. The third kappa shape index (κ3) is 4.74. The molecule has 0 aliphatic carbocycles. The first-order chi connectivity index (χ1) is 13.5. The minimum Gasteiger partial charge on any atom is -0.490 e. The average molecular weight is 404 g/mol. The molecule has 1 aromatic heterocycles. The number of anilines is 1. The Morgan fingerprint density at radius 1 is 1.32 bits per heavy atom. The van der Waals surface area contributed by atoms with Gasteiger partial charge in [-0.2, -0.15) is 0 Å². The van der Waals surface area contributed by atoms with E-state index in [0.29, 0.717) is 54.8 Å². The molecule has 1 aliphatic rings. The number of benzene rings is 1. The number of aromatic amines is 1. The van der Waals surface area contributed by atoms with E-state index in [9.17, 15) is 9.59 Å². The van der Waals surface area contributed by atoms with Gasteiger partial charge in [-0.15, -0.1) is 0 Å². The number of fused-ring (bicyclic) bond motifs is 1. The number of halogens is 1. The molecule has 28 heavy (non-hydrogen) atoms. The van der Waals surface area contributed by atoms with Gasteiger partial charge in [0.25, 0.3) is 5.91 Å². The van der Waals surface area contributed by atoms with Crippen LogP contribution in [0.1, 0.15) is 27.3 Å². The molecule has 8 heteroatoms. The van der Waals surface area contributed by atoms with Gasteiger partial charge in [0.15, 0.2) is 0 Å². The topological polar surface area (TPSA) is 92.5 Å². The Balaban J connectivity index is 1.36. The quantitative estimate of drug-likeness (QED) is 0.561. The van der Waals surface area contributed by atoms with E-state index in [4.69, 9.17) is 21.1 Å². The number of hydrogen-bond donors (Lipinski definition) is 3. The molecule has 1 aromatic carbocycles. The number of aryl methyl sites for hydroxylation is 1. The molecule has 2 aromatic rings. The number of carbonyl (C=O) groups excluding carboxylic acids is 2. The predicted molar refractivity (Wildman–Crippen MR) is 108 cm³/mol. The van der Waals surface area contributed by atoms with E-state index in [1.807, 2.05) is 6.92 Å². The van der Waals surface area contributed by atoms with Crippen molar-refractivity contribution < 1.29 is 19.1 Å². The standard InChI is InChI=1S/C20H22ClN3O4/c1-3-16-14(8-12(2)23-16)20(26)22-4-5-27-6-7-28-18-9-13-10-19(25)24-17(13)11-15(18)21/h3,8-9,11,23H,1,4-7,10H2,2H3,(H,22,26)(H,24,25). The normalized spacial score (nSPS) is 12.4. The summed E-state index contributed by atoms with van der Waals surface area (Å²) in [6, 6.07) is 5.24. The van der Waals surface area contributed by atoms with Crippen LogP contribution in [0.3, 0.4) is 0 Å². The summed E-state index contributed by atoms with van der Waals surface area (Å²) in [7, 11) is 0. The highest BCUT2D eigenvalue weighted by atomic mass is 35.5.